The second-order valence-electron chi connectivity index (χ2n) is 9.75. The molecule has 0 saturated carbocycles. The number of halogens is 3. The predicted molar refractivity (Wildman–Crippen MR) is 145 cm³/mol. The van der Waals surface area contributed by atoms with Crippen molar-refractivity contribution in [3.63, 3.8) is 0 Å². The van der Waals surface area contributed by atoms with Crippen LogP contribution in [-0.4, -0.2) is 74.4 Å². The summed E-state index contributed by atoms with van der Waals surface area (Å²) in [7, 11) is -1.96. The van der Waals surface area contributed by atoms with Crippen LogP contribution in [0.1, 0.15) is 23.7 Å². The SMILES string of the molecule is COc1cc(S(C)(=O)=O)ccc1NCC#CN1CC[C@@H](C(NC(=O)c2cccc3[nH]cnc23)C(F)(F)F)[C@H](C)C1. The van der Waals surface area contributed by atoms with Crippen LogP contribution in [0.2, 0.25) is 0 Å². The molecule has 3 atom stereocenters. The molecule has 1 aromatic heterocycles. The summed E-state index contributed by atoms with van der Waals surface area (Å²) in [6.07, 6.45) is -1.93. The highest BCUT2D eigenvalue weighted by Gasteiger charge is 2.48. The zero-order valence-electron chi connectivity index (χ0n) is 22.2. The summed E-state index contributed by atoms with van der Waals surface area (Å²) in [5.41, 5.74) is 1.52. The molecule has 1 amide bonds. The Morgan fingerprint density at radius 1 is 1.30 bits per heavy atom. The Bertz CT molecular complexity index is 1540. The lowest BCUT2D eigenvalue weighted by molar-refractivity contribution is -0.172. The number of methoxy groups -OCH3 is 1. The van der Waals surface area contributed by atoms with Crippen LogP contribution in [0, 0.1) is 23.8 Å². The van der Waals surface area contributed by atoms with Crippen LogP contribution in [0.3, 0.4) is 0 Å². The minimum absolute atomic E-state index is 0.0824. The fourth-order valence-electron chi connectivity index (χ4n) is 4.90. The molecule has 1 unspecified atom stereocenters. The van der Waals surface area contributed by atoms with E-state index in [1.54, 1.807) is 30.0 Å². The average molecular weight is 578 g/mol. The summed E-state index contributed by atoms with van der Waals surface area (Å²) in [5.74, 6) is 1.26. The zero-order chi connectivity index (χ0) is 29.1. The summed E-state index contributed by atoms with van der Waals surface area (Å²) in [6, 6.07) is 10.2. The molecule has 40 heavy (non-hydrogen) atoms. The molecule has 1 aliphatic heterocycles. The van der Waals surface area contributed by atoms with Gasteiger partial charge in [0.1, 0.15) is 17.3 Å². The largest absolute Gasteiger partial charge is 0.495 e. The molecule has 2 aromatic carbocycles. The normalized spacial score (nSPS) is 18.5. The standard InChI is InChI=1S/C27H30F3N5O4S/c1-17-15-35(12-5-11-31-21-9-8-18(40(3,37)38)14-23(21)39-2)13-10-19(17)25(27(28,29)30)34-26(36)20-6-4-7-22-24(20)33-16-32-22/h4,6-9,14,16-17,19,25,31H,10-11,13,15H2,1-3H3,(H,32,33)(H,34,36)/t17-,19-,25?/m1/s1. The maximum atomic E-state index is 14.1. The first-order chi connectivity index (χ1) is 18.9. The molecule has 0 aliphatic carbocycles. The van der Waals surface area contributed by atoms with Gasteiger partial charge < -0.3 is 25.3 Å². The number of rotatable bonds is 7. The third-order valence-corrected chi connectivity index (χ3v) is 8.05. The number of fused-ring (bicyclic) bond motifs is 1. The maximum Gasteiger partial charge on any atom is 0.408 e. The Balaban J connectivity index is 1.38. The maximum absolute atomic E-state index is 14.1. The van der Waals surface area contributed by atoms with Crippen molar-refractivity contribution in [1.82, 2.24) is 20.2 Å². The number of carbonyl (C=O) groups is 1. The van der Waals surface area contributed by atoms with Crippen LogP contribution < -0.4 is 15.4 Å². The van der Waals surface area contributed by atoms with Crippen molar-refractivity contribution in [2.24, 2.45) is 11.8 Å². The molecule has 1 saturated heterocycles. The third kappa shape index (κ3) is 6.62. The molecule has 1 fully saturated rings. The number of imidazole rings is 1. The first kappa shape index (κ1) is 29.1. The van der Waals surface area contributed by atoms with Crippen molar-refractivity contribution >= 4 is 32.5 Å². The number of H-pyrrole nitrogens is 1. The summed E-state index contributed by atoms with van der Waals surface area (Å²) >= 11 is 0. The first-order valence-electron chi connectivity index (χ1n) is 12.5. The van der Waals surface area contributed by atoms with Crippen molar-refractivity contribution in [1.29, 1.82) is 0 Å². The van der Waals surface area contributed by atoms with Gasteiger partial charge in [-0.2, -0.15) is 13.2 Å². The zero-order valence-corrected chi connectivity index (χ0v) is 23.0. The van der Waals surface area contributed by atoms with E-state index in [1.165, 1.54) is 31.6 Å². The van der Waals surface area contributed by atoms with E-state index in [-0.39, 0.29) is 23.4 Å². The Morgan fingerprint density at radius 3 is 2.75 bits per heavy atom. The summed E-state index contributed by atoms with van der Waals surface area (Å²) in [6.45, 7) is 2.56. The number of alkyl halides is 3. The molecule has 1 aliphatic rings. The van der Waals surface area contributed by atoms with Crippen LogP contribution in [-0.2, 0) is 9.84 Å². The number of para-hydroxylation sites is 1. The number of aromatic amines is 1. The van der Waals surface area contributed by atoms with Gasteiger partial charge in [0.05, 0.1) is 41.6 Å². The highest BCUT2D eigenvalue weighted by atomic mass is 32.2. The number of sulfone groups is 1. The molecule has 0 spiro atoms. The van der Waals surface area contributed by atoms with Gasteiger partial charge in [-0.25, -0.2) is 13.4 Å². The monoisotopic (exact) mass is 577 g/mol. The Hall–Kier alpha value is -3.92. The van der Waals surface area contributed by atoms with Crippen LogP contribution in [0.25, 0.3) is 11.0 Å². The van der Waals surface area contributed by atoms with Gasteiger partial charge in [-0.15, -0.1) is 0 Å². The topological polar surface area (TPSA) is 116 Å². The van der Waals surface area contributed by atoms with Crippen molar-refractivity contribution < 1.29 is 31.1 Å². The van der Waals surface area contributed by atoms with Gasteiger partial charge in [0, 0.05) is 31.5 Å². The van der Waals surface area contributed by atoms with Crippen molar-refractivity contribution in [3.8, 4) is 17.7 Å². The summed E-state index contributed by atoms with van der Waals surface area (Å²) < 4.78 is 71.2. The lowest BCUT2D eigenvalue weighted by Gasteiger charge is -2.40. The summed E-state index contributed by atoms with van der Waals surface area (Å²) in [4.78, 5) is 21.7. The molecular formula is C27H30F3N5O4S. The van der Waals surface area contributed by atoms with E-state index in [4.69, 9.17) is 4.74 Å². The van der Waals surface area contributed by atoms with Crippen LogP contribution in [0.4, 0.5) is 18.9 Å². The predicted octanol–water partition coefficient (Wildman–Crippen LogP) is 3.67. The highest BCUT2D eigenvalue weighted by molar-refractivity contribution is 7.90. The fraction of sp³-hybridized carbons (Fsp3) is 0.407. The lowest BCUT2D eigenvalue weighted by atomic mass is 9.81. The van der Waals surface area contributed by atoms with Crippen LogP contribution in [0.5, 0.6) is 5.75 Å². The molecular weight excluding hydrogens is 547 g/mol. The number of likely N-dealkylation sites (tertiary alicyclic amines) is 1. The third-order valence-electron chi connectivity index (χ3n) is 6.94. The van der Waals surface area contributed by atoms with Gasteiger partial charge in [-0.1, -0.05) is 18.9 Å². The van der Waals surface area contributed by atoms with Gasteiger partial charge >= 0.3 is 6.18 Å². The Kier molecular flexibility index (Phi) is 8.48. The number of carbonyl (C=O) groups excluding carboxylic acids is 1. The van der Waals surface area contributed by atoms with E-state index in [1.807, 2.05) is 0 Å². The molecule has 9 nitrogen and oxygen atoms in total. The van der Waals surface area contributed by atoms with E-state index in [0.29, 0.717) is 35.6 Å². The van der Waals surface area contributed by atoms with Gasteiger partial charge in [0.15, 0.2) is 9.84 Å². The van der Waals surface area contributed by atoms with Crippen LogP contribution >= 0.6 is 0 Å². The Morgan fingerprint density at radius 2 is 2.08 bits per heavy atom. The number of piperidine rings is 1. The van der Waals surface area contributed by atoms with Crippen LogP contribution in [0.15, 0.2) is 47.6 Å². The molecule has 0 radical (unpaired) electrons. The number of anilines is 1. The number of amides is 1. The van der Waals surface area contributed by atoms with Gasteiger partial charge in [0.25, 0.3) is 5.91 Å². The smallest absolute Gasteiger partial charge is 0.408 e. The average Bonchev–Trinajstić information content (AvgIpc) is 3.38. The number of hydrogen-bond donors (Lipinski definition) is 3. The van der Waals surface area contributed by atoms with Crippen molar-refractivity contribution in [2.75, 3.05) is 38.3 Å². The van der Waals surface area contributed by atoms with E-state index < -0.39 is 39.8 Å². The second-order valence-corrected chi connectivity index (χ2v) is 11.8. The molecule has 0 bridgehead atoms. The lowest BCUT2D eigenvalue weighted by Crippen LogP contribution is -2.55. The minimum atomic E-state index is -4.63. The van der Waals surface area contributed by atoms with E-state index >= 15 is 0 Å². The molecule has 3 aromatic rings. The van der Waals surface area contributed by atoms with Crippen molar-refractivity contribution in [3.05, 3.63) is 48.3 Å². The van der Waals surface area contributed by atoms with Gasteiger partial charge in [-0.3, -0.25) is 4.79 Å². The fourth-order valence-corrected chi connectivity index (χ4v) is 5.54. The van der Waals surface area contributed by atoms with Gasteiger partial charge in [-0.05, 0) is 42.5 Å². The molecule has 2 heterocycles. The van der Waals surface area contributed by atoms with E-state index in [0.717, 1.165) is 6.26 Å². The van der Waals surface area contributed by atoms with Gasteiger partial charge in [0.2, 0.25) is 0 Å². The molecule has 214 valence electrons. The number of benzene rings is 2. The summed E-state index contributed by atoms with van der Waals surface area (Å²) in [5, 5.41) is 5.30. The van der Waals surface area contributed by atoms with E-state index in [9.17, 15) is 26.4 Å². The number of aromatic nitrogens is 2. The minimum Gasteiger partial charge on any atom is -0.495 e. The molecule has 4 rings (SSSR count). The number of nitrogens with zero attached hydrogens (tertiary/aromatic N) is 2. The first-order valence-corrected chi connectivity index (χ1v) is 14.4. The highest BCUT2D eigenvalue weighted by Crippen LogP contribution is 2.35. The quantitative estimate of drug-likeness (QED) is 0.367. The van der Waals surface area contributed by atoms with E-state index in [2.05, 4.69) is 32.6 Å². The second kappa shape index (κ2) is 11.7. The molecule has 13 heteroatoms. The Labute approximate surface area is 230 Å². The number of ether oxygens (including phenoxy) is 1. The van der Waals surface area contributed by atoms with Crippen molar-refractivity contribution in [2.45, 2.75) is 30.5 Å². The number of hydrogen-bond acceptors (Lipinski definition) is 7. The molecule has 3 N–H and O–H groups in total. The number of nitrogens with one attached hydrogen (secondary N) is 3.